The maximum absolute atomic E-state index is 12.3. The molecule has 0 heterocycles. The summed E-state index contributed by atoms with van der Waals surface area (Å²) >= 11 is 5.86. The maximum Gasteiger partial charge on any atom is 0.306 e. The maximum atomic E-state index is 12.3. The largest absolute Gasteiger partial charge is 0.481 e. The summed E-state index contributed by atoms with van der Waals surface area (Å²) in [5.41, 5.74) is 0.863. The molecule has 1 aromatic carbocycles. The molecule has 0 bridgehead atoms. The first-order valence-corrected chi connectivity index (χ1v) is 8.19. The molecule has 0 amide bonds. The SMILES string of the molecule is C[C@H](C(=O)O)[C@H](C[S@](=O)C(C)(C)C)c1ccc(Cl)cc1. The summed E-state index contributed by atoms with van der Waals surface area (Å²) in [6, 6.07) is 7.09. The molecule has 112 valence electrons. The van der Waals surface area contributed by atoms with Crippen molar-refractivity contribution in [3.05, 3.63) is 34.9 Å². The van der Waals surface area contributed by atoms with Gasteiger partial charge in [-0.2, -0.15) is 0 Å². The lowest BCUT2D eigenvalue weighted by atomic mass is 9.89. The van der Waals surface area contributed by atoms with Crippen LogP contribution in [0.1, 0.15) is 39.2 Å². The lowest BCUT2D eigenvalue weighted by molar-refractivity contribution is -0.141. The van der Waals surface area contributed by atoms with E-state index in [-0.39, 0.29) is 10.7 Å². The van der Waals surface area contributed by atoms with Gasteiger partial charge in [-0.15, -0.1) is 0 Å². The van der Waals surface area contributed by atoms with Crippen molar-refractivity contribution >= 4 is 28.4 Å². The molecule has 5 heteroatoms. The fraction of sp³-hybridized carbons (Fsp3) is 0.533. The molecule has 0 aromatic heterocycles. The number of halogens is 1. The van der Waals surface area contributed by atoms with Gasteiger partial charge in [0.25, 0.3) is 0 Å². The Hall–Kier alpha value is -0.870. The monoisotopic (exact) mass is 316 g/mol. The molecule has 0 unspecified atom stereocenters. The van der Waals surface area contributed by atoms with Crippen LogP contribution in [0.4, 0.5) is 0 Å². The van der Waals surface area contributed by atoms with Crippen LogP contribution in [-0.2, 0) is 15.6 Å². The van der Waals surface area contributed by atoms with Gasteiger partial charge in [-0.3, -0.25) is 9.00 Å². The number of carboxylic acid groups (broad SMARTS) is 1. The van der Waals surface area contributed by atoms with E-state index < -0.39 is 22.7 Å². The standard InChI is InChI=1S/C15H21ClO3S/c1-10(14(17)18)13(9-20(19)15(2,3)4)11-5-7-12(16)8-6-11/h5-8,10,13H,9H2,1-4H3,(H,17,18)/t10-,13-,20-/m0/s1. The summed E-state index contributed by atoms with van der Waals surface area (Å²) in [4.78, 5) is 11.3. The van der Waals surface area contributed by atoms with Crippen molar-refractivity contribution in [3.8, 4) is 0 Å². The van der Waals surface area contributed by atoms with Crippen LogP contribution in [0.2, 0.25) is 5.02 Å². The number of rotatable bonds is 5. The van der Waals surface area contributed by atoms with Crippen LogP contribution < -0.4 is 0 Å². The van der Waals surface area contributed by atoms with Crippen molar-refractivity contribution in [1.29, 1.82) is 0 Å². The molecule has 3 atom stereocenters. The molecule has 1 aromatic rings. The van der Waals surface area contributed by atoms with E-state index in [1.165, 1.54) is 0 Å². The quantitative estimate of drug-likeness (QED) is 0.901. The Morgan fingerprint density at radius 1 is 1.30 bits per heavy atom. The molecule has 0 saturated carbocycles. The predicted octanol–water partition coefficient (Wildman–Crippen LogP) is 3.69. The molecular weight excluding hydrogens is 296 g/mol. The molecule has 0 aliphatic rings. The zero-order chi connectivity index (χ0) is 15.5. The van der Waals surface area contributed by atoms with Gasteiger partial charge in [0, 0.05) is 32.2 Å². The minimum atomic E-state index is -1.11. The molecule has 0 radical (unpaired) electrons. The molecule has 3 nitrogen and oxygen atoms in total. The summed E-state index contributed by atoms with van der Waals surface area (Å²) < 4.78 is 12.0. The molecule has 0 spiro atoms. The molecule has 20 heavy (non-hydrogen) atoms. The lowest BCUT2D eigenvalue weighted by Gasteiger charge is -2.25. The number of hydrogen-bond donors (Lipinski definition) is 1. The van der Waals surface area contributed by atoms with E-state index in [1.807, 2.05) is 32.9 Å². The average Bonchev–Trinajstić information content (AvgIpc) is 2.34. The summed E-state index contributed by atoms with van der Waals surface area (Å²) in [5, 5.41) is 9.86. The molecule has 0 fully saturated rings. The number of benzene rings is 1. The fourth-order valence-corrected chi connectivity index (χ4v) is 3.26. The molecular formula is C15H21ClO3S. The highest BCUT2D eigenvalue weighted by molar-refractivity contribution is 7.86. The molecule has 1 rings (SSSR count). The summed E-state index contributed by atoms with van der Waals surface area (Å²) in [6.07, 6.45) is 0. The second-order valence-corrected chi connectivity index (χ2v) is 8.60. The highest BCUT2D eigenvalue weighted by atomic mass is 35.5. The zero-order valence-corrected chi connectivity index (χ0v) is 13.8. The minimum absolute atomic E-state index is 0.287. The number of carboxylic acids is 1. The normalized spacial score (nSPS) is 16.4. The van der Waals surface area contributed by atoms with Crippen LogP contribution in [0.25, 0.3) is 0 Å². The molecule has 0 aliphatic heterocycles. The van der Waals surface area contributed by atoms with Crippen molar-refractivity contribution in [3.63, 3.8) is 0 Å². The third-order valence-electron chi connectivity index (χ3n) is 3.31. The van der Waals surface area contributed by atoms with E-state index in [0.717, 1.165) is 5.56 Å². The first-order chi connectivity index (χ1) is 9.12. The lowest BCUT2D eigenvalue weighted by Crippen LogP contribution is -2.31. The van der Waals surface area contributed by atoms with Crippen LogP contribution in [-0.4, -0.2) is 25.8 Å². The fourth-order valence-electron chi connectivity index (χ4n) is 1.82. The van der Waals surface area contributed by atoms with Crippen LogP contribution in [0.3, 0.4) is 0 Å². The van der Waals surface area contributed by atoms with Crippen LogP contribution in [0, 0.1) is 5.92 Å². The Morgan fingerprint density at radius 2 is 1.80 bits per heavy atom. The van der Waals surface area contributed by atoms with Crippen molar-refractivity contribution in [2.75, 3.05) is 5.75 Å². The Morgan fingerprint density at radius 3 is 2.20 bits per heavy atom. The zero-order valence-electron chi connectivity index (χ0n) is 12.2. The highest BCUT2D eigenvalue weighted by Gasteiger charge is 2.30. The highest BCUT2D eigenvalue weighted by Crippen LogP contribution is 2.29. The summed E-state index contributed by atoms with van der Waals surface area (Å²) in [6.45, 7) is 7.34. The Bertz CT molecular complexity index is 491. The van der Waals surface area contributed by atoms with Gasteiger partial charge in [-0.1, -0.05) is 30.7 Å². The average molecular weight is 317 g/mol. The summed E-state index contributed by atoms with van der Waals surface area (Å²) in [5.74, 6) is -1.43. The Balaban J connectivity index is 3.06. The van der Waals surface area contributed by atoms with Crippen molar-refractivity contribution in [2.45, 2.75) is 38.4 Å². The third kappa shape index (κ3) is 4.60. The van der Waals surface area contributed by atoms with E-state index >= 15 is 0 Å². The van der Waals surface area contributed by atoms with Crippen LogP contribution in [0.15, 0.2) is 24.3 Å². The van der Waals surface area contributed by atoms with E-state index in [2.05, 4.69) is 0 Å². The molecule has 0 saturated heterocycles. The van der Waals surface area contributed by atoms with Gasteiger partial charge >= 0.3 is 5.97 Å². The summed E-state index contributed by atoms with van der Waals surface area (Å²) in [7, 11) is -1.11. The second kappa shape index (κ2) is 6.72. The third-order valence-corrected chi connectivity index (χ3v) is 5.59. The van der Waals surface area contributed by atoms with Gasteiger partial charge in [0.05, 0.1) is 5.92 Å². The number of carbonyl (C=O) groups is 1. The smallest absolute Gasteiger partial charge is 0.306 e. The van der Waals surface area contributed by atoms with Gasteiger partial charge < -0.3 is 5.11 Å². The number of hydrogen-bond acceptors (Lipinski definition) is 2. The molecule has 1 N–H and O–H groups in total. The first-order valence-electron chi connectivity index (χ1n) is 6.49. The van der Waals surface area contributed by atoms with Crippen molar-refractivity contribution < 1.29 is 14.1 Å². The van der Waals surface area contributed by atoms with Gasteiger partial charge in [0.1, 0.15) is 0 Å². The first kappa shape index (κ1) is 17.2. The predicted molar refractivity (Wildman–Crippen MR) is 83.8 cm³/mol. The van der Waals surface area contributed by atoms with E-state index in [0.29, 0.717) is 10.8 Å². The Kier molecular flexibility index (Phi) is 5.78. The van der Waals surface area contributed by atoms with Gasteiger partial charge in [-0.05, 0) is 38.5 Å². The van der Waals surface area contributed by atoms with Gasteiger partial charge in [-0.25, -0.2) is 0 Å². The molecule has 0 aliphatic carbocycles. The van der Waals surface area contributed by atoms with Crippen molar-refractivity contribution in [2.24, 2.45) is 5.92 Å². The van der Waals surface area contributed by atoms with Gasteiger partial charge in [0.15, 0.2) is 0 Å². The van der Waals surface area contributed by atoms with E-state index in [9.17, 15) is 14.1 Å². The number of aliphatic carboxylic acids is 1. The van der Waals surface area contributed by atoms with Gasteiger partial charge in [0.2, 0.25) is 0 Å². The Labute approximate surface area is 127 Å². The van der Waals surface area contributed by atoms with Crippen LogP contribution in [0.5, 0.6) is 0 Å². The van der Waals surface area contributed by atoms with Crippen molar-refractivity contribution in [1.82, 2.24) is 0 Å². The topological polar surface area (TPSA) is 54.4 Å². The van der Waals surface area contributed by atoms with Crippen LogP contribution >= 0.6 is 11.6 Å². The van der Waals surface area contributed by atoms with E-state index in [4.69, 9.17) is 11.6 Å². The minimum Gasteiger partial charge on any atom is -0.481 e. The van der Waals surface area contributed by atoms with E-state index in [1.54, 1.807) is 19.1 Å². The second-order valence-electron chi connectivity index (χ2n) is 5.91.